The summed E-state index contributed by atoms with van der Waals surface area (Å²) in [5, 5.41) is 0.985. The Labute approximate surface area is 134 Å². The van der Waals surface area contributed by atoms with Gasteiger partial charge in [0, 0.05) is 17.3 Å². The van der Waals surface area contributed by atoms with Gasteiger partial charge >= 0.3 is 5.97 Å². The first-order valence-electron chi connectivity index (χ1n) is 7.22. The fourth-order valence-electron chi connectivity index (χ4n) is 2.13. The molecule has 3 heteroatoms. The van der Waals surface area contributed by atoms with E-state index in [1.807, 2.05) is 54.6 Å². The van der Waals surface area contributed by atoms with E-state index in [1.54, 1.807) is 0 Å². The first kappa shape index (κ1) is 15.8. The van der Waals surface area contributed by atoms with Crippen LogP contribution in [0.2, 0.25) is 0 Å². The summed E-state index contributed by atoms with van der Waals surface area (Å²) in [6.45, 7) is 0. The SMILES string of the molecule is O=C(CCCCCBr)Oc1ccccc1-c1ccccc1. The van der Waals surface area contributed by atoms with Crippen LogP contribution in [0.4, 0.5) is 0 Å². The zero-order valence-electron chi connectivity index (χ0n) is 11.9. The fourth-order valence-corrected chi connectivity index (χ4v) is 2.52. The molecule has 2 aromatic carbocycles. The van der Waals surface area contributed by atoms with Crippen LogP contribution in [-0.4, -0.2) is 11.3 Å². The second kappa shape index (κ2) is 8.63. The molecule has 0 aliphatic heterocycles. The van der Waals surface area contributed by atoms with Gasteiger partial charge in [-0.3, -0.25) is 4.79 Å². The van der Waals surface area contributed by atoms with Crippen LogP contribution >= 0.6 is 15.9 Å². The minimum atomic E-state index is -0.159. The van der Waals surface area contributed by atoms with Crippen molar-refractivity contribution in [3.8, 4) is 16.9 Å². The number of carbonyl (C=O) groups excluding carboxylic acids is 1. The van der Waals surface area contributed by atoms with Crippen LogP contribution in [0, 0.1) is 0 Å². The van der Waals surface area contributed by atoms with Crippen molar-refractivity contribution in [2.75, 3.05) is 5.33 Å². The summed E-state index contributed by atoms with van der Waals surface area (Å²) in [6, 6.07) is 17.6. The molecule has 110 valence electrons. The van der Waals surface area contributed by atoms with Crippen LogP contribution in [0.1, 0.15) is 25.7 Å². The number of rotatable bonds is 7. The molecule has 0 N–H and O–H groups in total. The van der Waals surface area contributed by atoms with Crippen molar-refractivity contribution in [3.05, 3.63) is 54.6 Å². The molecule has 0 radical (unpaired) electrons. The molecule has 21 heavy (non-hydrogen) atoms. The lowest BCUT2D eigenvalue weighted by atomic mass is 10.0. The predicted molar refractivity (Wildman–Crippen MR) is 89.8 cm³/mol. The molecule has 0 aliphatic carbocycles. The van der Waals surface area contributed by atoms with Crippen LogP contribution in [0.15, 0.2) is 54.6 Å². The lowest BCUT2D eigenvalue weighted by Crippen LogP contribution is -2.08. The topological polar surface area (TPSA) is 26.3 Å². The maximum atomic E-state index is 11.9. The van der Waals surface area contributed by atoms with Gasteiger partial charge in [0.15, 0.2) is 0 Å². The lowest BCUT2D eigenvalue weighted by Gasteiger charge is -2.10. The van der Waals surface area contributed by atoms with Crippen LogP contribution in [0.3, 0.4) is 0 Å². The van der Waals surface area contributed by atoms with Gasteiger partial charge in [-0.2, -0.15) is 0 Å². The standard InChI is InChI=1S/C18H19BrO2/c19-14-8-2-5-13-18(20)21-17-12-7-6-11-16(17)15-9-3-1-4-10-15/h1,3-4,6-7,9-12H,2,5,8,13-14H2. The van der Waals surface area contributed by atoms with E-state index in [2.05, 4.69) is 15.9 Å². The van der Waals surface area contributed by atoms with E-state index < -0.39 is 0 Å². The van der Waals surface area contributed by atoms with Gasteiger partial charge < -0.3 is 4.74 Å². The van der Waals surface area contributed by atoms with Gasteiger partial charge in [-0.1, -0.05) is 70.9 Å². The number of carbonyl (C=O) groups is 1. The Morgan fingerprint density at radius 3 is 2.38 bits per heavy atom. The largest absolute Gasteiger partial charge is 0.426 e. The highest BCUT2D eigenvalue weighted by Gasteiger charge is 2.10. The number of hydrogen-bond donors (Lipinski definition) is 0. The van der Waals surface area contributed by atoms with E-state index >= 15 is 0 Å². The highest BCUT2D eigenvalue weighted by atomic mass is 79.9. The third-order valence-electron chi connectivity index (χ3n) is 3.21. The summed E-state index contributed by atoms with van der Waals surface area (Å²) in [5.74, 6) is 0.474. The van der Waals surface area contributed by atoms with Crippen molar-refractivity contribution in [2.45, 2.75) is 25.7 Å². The minimum absolute atomic E-state index is 0.159. The highest BCUT2D eigenvalue weighted by Crippen LogP contribution is 2.29. The molecule has 0 amide bonds. The molecule has 0 fully saturated rings. The molecular weight excluding hydrogens is 328 g/mol. The maximum Gasteiger partial charge on any atom is 0.311 e. The smallest absolute Gasteiger partial charge is 0.311 e. The van der Waals surface area contributed by atoms with Crippen molar-refractivity contribution in [1.29, 1.82) is 0 Å². The summed E-state index contributed by atoms with van der Waals surface area (Å²) in [4.78, 5) is 11.9. The molecule has 2 aromatic rings. The van der Waals surface area contributed by atoms with Gasteiger partial charge in [-0.15, -0.1) is 0 Å². The quantitative estimate of drug-likeness (QED) is 0.297. The van der Waals surface area contributed by atoms with E-state index in [1.165, 1.54) is 0 Å². The highest BCUT2D eigenvalue weighted by molar-refractivity contribution is 9.09. The van der Waals surface area contributed by atoms with Crippen molar-refractivity contribution in [3.63, 3.8) is 0 Å². The summed E-state index contributed by atoms with van der Waals surface area (Å²) in [5.41, 5.74) is 2.01. The van der Waals surface area contributed by atoms with E-state index in [0.29, 0.717) is 12.2 Å². The second-order valence-electron chi connectivity index (χ2n) is 4.84. The summed E-state index contributed by atoms with van der Waals surface area (Å²) in [7, 11) is 0. The van der Waals surface area contributed by atoms with Gasteiger partial charge in [0.05, 0.1) is 0 Å². The van der Waals surface area contributed by atoms with Crippen LogP contribution in [0.5, 0.6) is 5.75 Å². The Morgan fingerprint density at radius 2 is 1.62 bits per heavy atom. The van der Waals surface area contributed by atoms with Crippen molar-refractivity contribution >= 4 is 21.9 Å². The van der Waals surface area contributed by atoms with Gasteiger partial charge in [-0.25, -0.2) is 0 Å². The molecule has 0 aromatic heterocycles. The van der Waals surface area contributed by atoms with E-state index in [9.17, 15) is 4.79 Å². The zero-order chi connectivity index (χ0) is 14.9. The second-order valence-corrected chi connectivity index (χ2v) is 5.63. The van der Waals surface area contributed by atoms with Crippen molar-refractivity contribution < 1.29 is 9.53 Å². The van der Waals surface area contributed by atoms with Gasteiger partial charge in [0.25, 0.3) is 0 Å². The number of unbranched alkanes of at least 4 members (excludes halogenated alkanes) is 2. The number of para-hydroxylation sites is 1. The molecule has 0 spiro atoms. The molecule has 0 aliphatic rings. The molecule has 0 unspecified atom stereocenters. The van der Waals surface area contributed by atoms with Crippen molar-refractivity contribution in [2.24, 2.45) is 0 Å². The molecule has 0 atom stereocenters. The molecule has 2 nitrogen and oxygen atoms in total. The Bertz CT molecular complexity index is 566. The molecule has 0 saturated carbocycles. The third-order valence-corrected chi connectivity index (χ3v) is 3.77. The molecule has 2 rings (SSSR count). The normalized spacial score (nSPS) is 10.3. The fraction of sp³-hybridized carbons (Fsp3) is 0.278. The number of hydrogen-bond acceptors (Lipinski definition) is 2. The molecule has 0 bridgehead atoms. The zero-order valence-corrected chi connectivity index (χ0v) is 13.5. The Morgan fingerprint density at radius 1 is 0.905 bits per heavy atom. The van der Waals surface area contributed by atoms with Crippen molar-refractivity contribution in [1.82, 2.24) is 0 Å². The van der Waals surface area contributed by atoms with Crippen LogP contribution in [-0.2, 0) is 4.79 Å². The van der Waals surface area contributed by atoms with Gasteiger partial charge in [0.1, 0.15) is 5.75 Å². The van der Waals surface area contributed by atoms with Gasteiger partial charge in [-0.05, 0) is 24.5 Å². The summed E-state index contributed by atoms with van der Waals surface area (Å²) >= 11 is 3.39. The van der Waals surface area contributed by atoms with Crippen LogP contribution < -0.4 is 4.74 Å². The van der Waals surface area contributed by atoms with E-state index in [-0.39, 0.29) is 5.97 Å². The average molecular weight is 347 g/mol. The number of benzene rings is 2. The first-order valence-corrected chi connectivity index (χ1v) is 8.34. The Balaban J connectivity index is 2.02. The molecular formula is C18H19BrO2. The summed E-state index contributed by atoms with van der Waals surface area (Å²) in [6.07, 6.45) is 3.47. The monoisotopic (exact) mass is 346 g/mol. The molecule has 0 heterocycles. The summed E-state index contributed by atoms with van der Waals surface area (Å²) < 4.78 is 5.53. The first-order chi connectivity index (χ1) is 10.3. The van der Waals surface area contributed by atoms with E-state index in [0.717, 1.165) is 35.7 Å². The minimum Gasteiger partial charge on any atom is -0.426 e. The number of halogens is 1. The molecule has 0 saturated heterocycles. The van der Waals surface area contributed by atoms with E-state index in [4.69, 9.17) is 4.74 Å². The average Bonchev–Trinajstić information content (AvgIpc) is 2.53. The lowest BCUT2D eigenvalue weighted by molar-refractivity contribution is -0.134. The third kappa shape index (κ3) is 5.01. The number of esters is 1. The Kier molecular flexibility index (Phi) is 6.48. The number of ether oxygens (including phenoxy) is 1. The maximum absolute atomic E-state index is 11.9. The Hall–Kier alpha value is -1.61. The predicted octanol–water partition coefficient (Wildman–Crippen LogP) is 5.21. The number of alkyl halides is 1. The van der Waals surface area contributed by atoms with Gasteiger partial charge in [0.2, 0.25) is 0 Å². The van der Waals surface area contributed by atoms with Crippen LogP contribution in [0.25, 0.3) is 11.1 Å².